The van der Waals surface area contributed by atoms with Crippen LogP contribution in [0.2, 0.25) is 0 Å². The van der Waals surface area contributed by atoms with E-state index in [0.717, 1.165) is 0 Å². The molecule has 13 heavy (non-hydrogen) atoms. The first-order valence-electron chi connectivity index (χ1n) is 4.72. The molecule has 0 rings (SSSR count). The van der Waals surface area contributed by atoms with Gasteiger partial charge in [0.25, 0.3) is 0 Å². The monoisotopic (exact) mass is 186 g/mol. The van der Waals surface area contributed by atoms with Crippen LogP contribution in [-0.4, -0.2) is 19.0 Å². The lowest BCUT2D eigenvalue weighted by Gasteiger charge is -2.37. The fourth-order valence-corrected chi connectivity index (χ4v) is 0.747. The molecule has 0 saturated heterocycles. The van der Waals surface area contributed by atoms with E-state index >= 15 is 0 Å². The van der Waals surface area contributed by atoms with E-state index in [1.54, 1.807) is 0 Å². The first-order valence-corrected chi connectivity index (χ1v) is 4.72. The molecule has 0 saturated carbocycles. The second-order valence-electron chi connectivity index (χ2n) is 4.92. The lowest BCUT2D eigenvalue weighted by atomic mass is 9.69. The topological polar surface area (TPSA) is 55.1 Å². The van der Waals surface area contributed by atoms with Gasteiger partial charge in [-0.2, -0.15) is 0 Å². The third kappa shape index (κ3) is 2.99. The molecule has 78 valence electrons. The van der Waals surface area contributed by atoms with Crippen molar-refractivity contribution in [3.05, 3.63) is 0 Å². The van der Waals surface area contributed by atoms with Crippen LogP contribution in [0.5, 0.6) is 0 Å². The van der Waals surface area contributed by atoms with E-state index in [2.05, 4.69) is 26.1 Å². The summed E-state index contributed by atoms with van der Waals surface area (Å²) in [5.74, 6) is 0.0745. The lowest BCUT2D eigenvalue weighted by molar-refractivity contribution is -0.134. The molecule has 3 N–H and O–H groups in total. The van der Waals surface area contributed by atoms with Crippen LogP contribution in [0.3, 0.4) is 0 Å². The minimum Gasteiger partial charge on any atom is -0.354 e. The summed E-state index contributed by atoms with van der Waals surface area (Å²) in [7, 11) is 0. The standard InChI is InChI=1S/C10H22N2O/c1-9(2,3)10(4,5)8(13)12-7-6-11/h6-7,11H2,1-5H3,(H,12,13). The number of hydrogen-bond acceptors (Lipinski definition) is 2. The van der Waals surface area contributed by atoms with Crippen LogP contribution < -0.4 is 11.1 Å². The Kier molecular flexibility index (Phi) is 3.91. The van der Waals surface area contributed by atoms with Crippen molar-refractivity contribution in [1.82, 2.24) is 5.32 Å². The van der Waals surface area contributed by atoms with Crippen molar-refractivity contribution >= 4 is 5.91 Å². The van der Waals surface area contributed by atoms with E-state index in [9.17, 15) is 4.79 Å². The van der Waals surface area contributed by atoms with Crippen molar-refractivity contribution in [3.8, 4) is 0 Å². The van der Waals surface area contributed by atoms with E-state index in [-0.39, 0.29) is 16.7 Å². The predicted molar refractivity (Wildman–Crippen MR) is 55.3 cm³/mol. The highest BCUT2D eigenvalue weighted by molar-refractivity contribution is 5.82. The summed E-state index contributed by atoms with van der Waals surface area (Å²) in [5.41, 5.74) is 4.92. The highest BCUT2D eigenvalue weighted by atomic mass is 16.2. The fraction of sp³-hybridized carbons (Fsp3) is 0.900. The summed E-state index contributed by atoms with van der Waals surface area (Å²) in [5, 5.41) is 2.82. The normalized spacial score (nSPS) is 12.8. The second kappa shape index (κ2) is 4.09. The maximum atomic E-state index is 11.7. The average molecular weight is 186 g/mol. The minimum atomic E-state index is -0.359. The highest BCUT2D eigenvalue weighted by Gasteiger charge is 2.39. The molecule has 0 aliphatic rings. The van der Waals surface area contributed by atoms with Gasteiger partial charge >= 0.3 is 0 Å². The zero-order valence-electron chi connectivity index (χ0n) is 9.40. The summed E-state index contributed by atoms with van der Waals surface area (Å²) in [6.07, 6.45) is 0. The molecule has 0 aromatic heterocycles. The Morgan fingerprint density at radius 1 is 1.23 bits per heavy atom. The van der Waals surface area contributed by atoms with E-state index in [4.69, 9.17) is 5.73 Å². The van der Waals surface area contributed by atoms with Crippen molar-refractivity contribution in [2.75, 3.05) is 13.1 Å². The number of nitrogens with one attached hydrogen (secondary N) is 1. The number of carbonyl (C=O) groups excluding carboxylic acids is 1. The van der Waals surface area contributed by atoms with Crippen LogP contribution in [0.4, 0.5) is 0 Å². The molecule has 0 fully saturated rings. The first kappa shape index (κ1) is 12.4. The Hall–Kier alpha value is -0.570. The zero-order valence-corrected chi connectivity index (χ0v) is 9.40. The summed E-state index contributed by atoms with van der Waals surface area (Å²) < 4.78 is 0. The molecular weight excluding hydrogens is 164 g/mol. The predicted octanol–water partition coefficient (Wildman–Crippen LogP) is 1.13. The number of nitrogens with two attached hydrogens (primary N) is 1. The SMILES string of the molecule is CC(C)(C)C(C)(C)C(=O)NCCN. The van der Waals surface area contributed by atoms with Gasteiger partial charge < -0.3 is 11.1 Å². The average Bonchev–Trinajstić information content (AvgIpc) is 1.97. The highest BCUT2D eigenvalue weighted by Crippen LogP contribution is 2.37. The van der Waals surface area contributed by atoms with Gasteiger partial charge in [0.05, 0.1) is 0 Å². The molecule has 3 nitrogen and oxygen atoms in total. The number of carbonyl (C=O) groups is 1. The Labute approximate surface area is 81.1 Å². The molecule has 0 aliphatic carbocycles. The summed E-state index contributed by atoms with van der Waals surface area (Å²) in [4.78, 5) is 11.7. The van der Waals surface area contributed by atoms with Gasteiger partial charge in [0, 0.05) is 18.5 Å². The molecule has 0 aromatic carbocycles. The van der Waals surface area contributed by atoms with Crippen molar-refractivity contribution in [3.63, 3.8) is 0 Å². The van der Waals surface area contributed by atoms with Crippen molar-refractivity contribution in [1.29, 1.82) is 0 Å². The summed E-state index contributed by atoms with van der Waals surface area (Å²) >= 11 is 0. The molecule has 1 amide bonds. The Balaban J connectivity index is 4.37. The molecule has 0 bridgehead atoms. The van der Waals surface area contributed by atoms with Crippen LogP contribution in [0.15, 0.2) is 0 Å². The minimum absolute atomic E-state index is 0.0360. The third-order valence-corrected chi connectivity index (χ3v) is 2.87. The van der Waals surface area contributed by atoms with Crippen molar-refractivity contribution in [2.45, 2.75) is 34.6 Å². The summed E-state index contributed by atoms with van der Waals surface area (Å²) in [6.45, 7) is 11.2. The van der Waals surface area contributed by atoms with Crippen molar-refractivity contribution in [2.24, 2.45) is 16.6 Å². The van der Waals surface area contributed by atoms with Crippen LogP contribution in [0.25, 0.3) is 0 Å². The molecule has 0 aliphatic heterocycles. The molecule has 3 heteroatoms. The molecule has 0 radical (unpaired) electrons. The van der Waals surface area contributed by atoms with Crippen LogP contribution in [0, 0.1) is 10.8 Å². The maximum Gasteiger partial charge on any atom is 0.226 e. The fourth-order valence-electron chi connectivity index (χ4n) is 0.747. The van der Waals surface area contributed by atoms with Gasteiger partial charge in [-0.05, 0) is 5.41 Å². The van der Waals surface area contributed by atoms with Gasteiger partial charge in [-0.25, -0.2) is 0 Å². The van der Waals surface area contributed by atoms with E-state index in [0.29, 0.717) is 13.1 Å². The Morgan fingerprint density at radius 2 is 1.69 bits per heavy atom. The first-order chi connectivity index (χ1) is 5.73. The van der Waals surface area contributed by atoms with Crippen molar-refractivity contribution < 1.29 is 4.79 Å². The maximum absolute atomic E-state index is 11.7. The smallest absolute Gasteiger partial charge is 0.226 e. The van der Waals surface area contributed by atoms with Gasteiger partial charge in [0.1, 0.15) is 0 Å². The quantitative estimate of drug-likeness (QED) is 0.694. The Morgan fingerprint density at radius 3 is 2.00 bits per heavy atom. The molecule has 0 aromatic rings. The van der Waals surface area contributed by atoms with Gasteiger partial charge in [-0.1, -0.05) is 34.6 Å². The van der Waals surface area contributed by atoms with Gasteiger partial charge in [0.2, 0.25) is 5.91 Å². The third-order valence-electron chi connectivity index (χ3n) is 2.87. The molecular formula is C10H22N2O. The van der Waals surface area contributed by atoms with E-state index in [1.165, 1.54) is 0 Å². The van der Waals surface area contributed by atoms with E-state index < -0.39 is 0 Å². The van der Waals surface area contributed by atoms with Crippen LogP contribution in [-0.2, 0) is 4.79 Å². The largest absolute Gasteiger partial charge is 0.354 e. The van der Waals surface area contributed by atoms with Crippen LogP contribution >= 0.6 is 0 Å². The zero-order chi connectivity index (χ0) is 10.7. The number of amides is 1. The van der Waals surface area contributed by atoms with Gasteiger partial charge in [-0.3, -0.25) is 4.79 Å². The summed E-state index contributed by atoms with van der Waals surface area (Å²) in [6, 6.07) is 0. The molecule has 0 spiro atoms. The number of hydrogen-bond donors (Lipinski definition) is 2. The molecule has 0 atom stereocenters. The van der Waals surface area contributed by atoms with Crippen LogP contribution in [0.1, 0.15) is 34.6 Å². The second-order valence-corrected chi connectivity index (χ2v) is 4.92. The van der Waals surface area contributed by atoms with Gasteiger partial charge in [0.15, 0.2) is 0 Å². The molecule has 0 heterocycles. The van der Waals surface area contributed by atoms with Gasteiger partial charge in [-0.15, -0.1) is 0 Å². The lowest BCUT2D eigenvalue weighted by Crippen LogP contribution is -2.46. The Bertz CT molecular complexity index is 180. The van der Waals surface area contributed by atoms with E-state index in [1.807, 2.05) is 13.8 Å². The molecule has 0 unspecified atom stereocenters. The number of rotatable bonds is 3.